The number of alkyl halides is 3. The van der Waals surface area contributed by atoms with Gasteiger partial charge >= 0.3 is 6.36 Å². The number of anilines is 2. The van der Waals surface area contributed by atoms with Crippen LogP contribution in [0.3, 0.4) is 0 Å². The number of halogens is 3. The molecule has 1 unspecified atom stereocenters. The van der Waals surface area contributed by atoms with Crippen LogP contribution in [0.4, 0.5) is 24.9 Å². The summed E-state index contributed by atoms with van der Waals surface area (Å²) < 4.78 is 40.6. The van der Waals surface area contributed by atoms with Crippen molar-refractivity contribution < 1.29 is 27.5 Å². The van der Waals surface area contributed by atoms with Crippen LogP contribution in [-0.2, 0) is 4.79 Å². The molecule has 1 amide bonds. The van der Waals surface area contributed by atoms with E-state index in [9.17, 15) is 22.8 Å². The second-order valence-corrected chi connectivity index (χ2v) is 6.64. The van der Waals surface area contributed by atoms with Crippen LogP contribution in [-0.4, -0.2) is 54.2 Å². The van der Waals surface area contributed by atoms with Crippen LogP contribution in [0.15, 0.2) is 30.3 Å². The number of aldehydes is 1. The predicted octanol–water partition coefficient (Wildman–Crippen LogP) is 1.02. The number of carbonyl (C=O) groups excluding carboxylic acids is 2. The first-order valence-electron chi connectivity index (χ1n) is 8.90. The van der Waals surface area contributed by atoms with Gasteiger partial charge in [-0.1, -0.05) is 12.1 Å². The molecule has 9 nitrogen and oxygen atoms in total. The van der Waals surface area contributed by atoms with Gasteiger partial charge in [-0.15, -0.1) is 13.2 Å². The lowest BCUT2D eigenvalue weighted by molar-refractivity contribution is -0.274. The lowest BCUT2D eigenvalue weighted by Gasteiger charge is -2.39. The molecule has 3 rings (SSSR count). The third-order valence-corrected chi connectivity index (χ3v) is 4.47. The Balaban J connectivity index is 1.70. The number of amides is 1. The summed E-state index contributed by atoms with van der Waals surface area (Å²) in [4.78, 5) is 32.8. The lowest BCUT2D eigenvalue weighted by Crippen LogP contribution is -2.46. The molecule has 1 aromatic heterocycles. The minimum atomic E-state index is -4.74. The normalized spacial score (nSPS) is 15.3. The summed E-state index contributed by atoms with van der Waals surface area (Å²) in [5, 5.41) is 2.80. The van der Waals surface area contributed by atoms with E-state index in [0.717, 1.165) is 5.56 Å². The summed E-state index contributed by atoms with van der Waals surface area (Å²) in [7, 11) is 0. The number of ether oxygens (including phenoxy) is 1. The molecule has 0 aliphatic carbocycles. The monoisotopic (exact) mass is 424 g/mol. The van der Waals surface area contributed by atoms with Crippen molar-refractivity contribution >= 4 is 24.0 Å². The van der Waals surface area contributed by atoms with E-state index >= 15 is 0 Å². The van der Waals surface area contributed by atoms with Crippen molar-refractivity contribution in [2.75, 3.05) is 29.9 Å². The highest BCUT2D eigenvalue weighted by molar-refractivity contribution is 5.92. The Morgan fingerprint density at radius 3 is 2.50 bits per heavy atom. The molecule has 1 aromatic carbocycles. The van der Waals surface area contributed by atoms with Crippen molar-refractivity contribution in [1.29, 1.82) is 0 Å². The second-order valence-electron chi connectivity index (χ2n) is 6.64. The number of rotatable bonds is 8. The molecule has 160 valence electrons. The van der Waals surface area contributed by atoms with E-state index in [4.69, 9.17) is 11.5 Å². The molecule has 30 heavy (non-hydrogen) atoms. The molecule has 12 heteroatoms. The van der Waals surface area contributed by atoms with E-state index in [1.807, 2.05) is 0 Å². The summed E-state index contributed by atoms with van der Waals surface area (Å²) in [6.07, 6.45) is -4.12. The Kier molecular flexibility index (Phi) is 6.06. The topological polar surface area (TPSA) is 136 Å². The molecule has 1 saturated heterocycles. The van der Waals surface area contributed by atoms with Gasteiger partial charge in [-0.05, 0) is 17.7 Å². The highest BCUT2D eigenvalue weighted by Crippen LogP contribution is 2.32. The summed E-state index contributed by atoms with van der Waals surface area (Å²) in [6, 6.07) is 6.28. The van der Waals surface area contributed by atoms with Crippen molar-refractivity contribution in [1.82, 2.24) is 9.97 Å². The van der Waals surface area contributed by atoms with E-state index in [0.29, 0.717) is 19.4 Å². The molecule has 2 aromatic rings. The Bertz CT molecular complexity index is 916. The van der Waals surface area contributed by atoms with Gasteiger partial charge in [-0.3, -0.25) is 4.79 Å². The number of hydrogen-bond acceptors (Lipinski definition) is 8. The number of nitrogens with one attached hydrogen (secondary N) is 1. The number of carbonyl (C=O) groups is 2. The van der Waals surface area contributed by atoms with Gasteiger partial charge in [0.25, 0.3) is 5.91 Å². The first-order valence-corrected chi connectivity index (χ1v) is 8.90. The fourth-order valence-electron chi connectivity index (χ4n) is 2.91. The van der Waals surface area contributed by atoms with Gasteiger partial charge < -0.3 is 31.2 Å². The van der Waals surface area contributed by atoms with Crippen LogP contribution in [0.25, 0.3) is 0 Å². The molecule has 1 fully saturated rings. The molecule has 1 atom stereocenters. The first kappa shape index (κ1) is 21.3. The molecule has 1 aliphatic rings. The van der Waals surface area contributed by atoms with Gasteiger partial charge in [0.05, 0.1) is 6.04 Å². The third kappa shape index (κ3) is 5.14. The zero-order valence-electron chi connectivity index (χ0n) is 15.6. The maximum absolute atomic E-state index is 12.3. The third-order valence-electron chi connectivity index (χ3n) is 4.47. The van der Waals surface area contributed by atoms with E-state index in [-0.39, 0.29) is 35.7 Å². The van der Waals surface area contributed by atoms with Crippen molar-refractivity contribution in [3.8, 4) is 5.75 Å². The fourth-order valence-corrected chi connectivity index (χ4v) is 2.91. The van der Waals surface area contributed by atoms with E-state index in [1.54, 1.807) is 17.0 Å². The van der Waals surface area contributed by atoms with Gasteiger partial charge in [-0.25, -0.2) is 4.98 Å². The Morgan fingerprint density at radius 1 is 1.30 bits per heavy atom. The number of benzene rings is 1. The van der Waals surface area contributed by atoms with E-state index < -0.39 is 18.3 Å². The van der Waals surface area contributed by atoms with Crippen molar-refractivity contribution in [2.45, 2.75) is 18.3 Å². The van der Waals surface area contributed by atoms with Crippen LogP contribution >= 0.6 is 0 Å². The molecule has 0 saturated carbocycles. The minimum absolute atomic E-state index is 0.0266. The lowest BCUT2D eigenvalue weighted by atomic mass is 9.92. The molecular weight excluding hydrogens is 405 g/mol. The van der Waals surface area contributed by atoms with Crippen molar-refractivity contribution in [3.63, 3.8) is 0 Å². The van der Waals surface area contributed by atoms with E-state index in [2.05, 4.69) is 20.0 Å². The zero-order chi connectivity index (χ0) is 21.9. The summed E-state index contributed by atoms with van der Waals surface area (Å²) in [5.74, 6) is -0.541. The number of nitrogens with two attached hydrogens (primary N) is 2. The van der Waals surface area contributed by atoms with Crippen LogP contribution < -0.4 is 26.4 Å². The van der Waals surface area contributed by atoms with Gasteiger partial charge in [0, 0.05) is 31.6 Å². The molecular formula is C18H19F3N6O3. The quantitative estimate of drug-likeness (QED) is 0.534. The van der Waals surface area contributed by atoms with Gasteiger partial charge in [0.2, 0.25) is 5.95 Å². The summed E-state index contributed by atoms with van der Waals surface area (Å²) in [6.45, 7) is 0.999. The first-order chi connectivity index (χ1) is 14.2. The van der Waals surface area contributed by atoms with Crippen LogP contribution in [0.2, 0.25) is 0 Å². The predicted molar refractivity (Wildman–Crippen MR) is 101 cm³/mol. The highest BCUT2D eigenvalue weighted by atomic mass is 19.4. The fraction of sp³-hybridized carbons (Fsp3) is 0.333. The minimum Gasteiger partial charge on any atom is -0.406 e. The maximum Gasteiger partial charge on any atom is 0.573 e. The largest absolute Gasteiger partial charge is 0.573 e. The van der Waals surface area contributed by atoms with Crippen LogP contribution in [0.5, 0.6) is 5.75 Å². The van der Waals surface area contributed by atoms with E-state index in [1.165, 1.54) is 18.2 Å². The SMILES string of the molecule is NCC(C=O)Nc1cc(C(N)=O)nc(N2CC(c3ccc(OC(F)(F)F)cc3)C2)n1. The second kappa shape index (κ2) is 8.53. The molecule has 1 aliphatic heterocycles. The number of nitrogens with zero attached hydrogens (tertiary/aromatic N) is 3. The molecule has 0 bridgehead atoms. The Morgan fingerprint density at radius 2 is 1.97 bits per heavy atom. The molecule has 0 spiro atoms. The highest BCUT2D eigenvalue weighted by Gasteiger charge is 2.33. The molecule has 5 N–H and O–H groups in total. The number of hydrogen-bond donors (Lipinski definition) is 3. The summed E-state index contributed by atoms with van der Waals surface area (Å²) >= 11 is 0. The van der Waals surface area contributed by atoms with Crippen molar-refractivity contribution in [3.05, 3.63) is 41.6 Å². The van der Waals surface area contributed by atoms with Gasteiger partial charge in [0.1, 0.15) is 23.5 Å². The van der Waals surface area contributed by atoms with Gasteiger partial charge in [0.15, 0.2) is 0 Å². The van der Waals surface area contributed by atoms with Crippen LogP contribution in [0.1, 0.15) is 22.0 Å². The maximum atomic E-state index is 12.3. The average molecular weight is 424 g/mol. The molecule has 0 radical (unpaired) electrons. The summed E-state index contributed by atoms with van der Waals surface area (Å²) in [5.41, 5.74) is 11.6. The number of primary amides is 1. The zero-order valence-corrected chi connectivity index (χ0v) is 15.6. The Hall–Kier alpha value is -3.41. The Labute approximate surface area is 169 Å². The smallest absolute Gasteiger partial charge is 0.406 e. The number of aromatic nitrogens is 2. The van der Waals surface area contributed by atoms with Crippen LogP contribution in [0, 0.1) is 0 Å². The van der Waals surface area contributed by atoms with Gasteiger partial charge in [-0.2, -0.15) is 4.98 Å². The standard InChI is InChI=1S/C18H19F3N6O3/c19-18(20,21)30-13-3-1-10(2-4-13)11-7-27(8-11)17-25-14(16(23)29)5-15(26-17)24-12(6-22)9-28/h1-5,9,11-12H,6-8,22H2,(H2,23,29)(H,24,25,26). The van der Waals surface area contributed by atoms with Crippen molar-refractivity contribution in [2.24, 2.45) is 11.5 Å². The molecule has 2 heterocycles. The average Bonchev–Trinajstić information content (AvgIpc) is 2.65.